The van der Waals surface area contributed by atoms with E-state index in [1.54, 1.807) is 0 Å². The molecule has 0 radical (unpaired) electrons. The van der Waals surface area contributed by atoms with Crippen molar-refractivity contribution in [1.82, 2.24) is 10.6 Å². The zero-order valence-corrected chi connectivity index (χ0v) is 11.3. The molecule has 18 heavy (non-hydrogen) atoms. The van der Waals surface area contributed by atoms with Crippen LogP contribution in [0, 0.1) is 17.8 Å². The fourth-order valence-corrected chi connectivity index (χ4v) is 3.84. The van der Waals surface area contributed by atoms with Crippen molar-refractivity contribution in [3.63, 3.8) is 0 Å². The van der Waals surface area contributed by atoms with Crippen molar-refractivity contribution in [3.05, 3.63) is 0 Å². The van der Waals surface area contributed by atoms with Gasteiger partial charge in [-0.1, -0.05) is 32.1 Å². The van der Waals surface area contributed by atoms with Crippen molar-refractivity contribution in [2.45, 2.75) is 57.4 Å². The fraction of sp³-hybridized carbons (Fsp3) is 0.933. The van der Waals surface area contributed by atoms with Gasteiger partial charge in [-0.05, 0) is 37.6 Å². The van der Waals surface area contributed by atoms with E-state index in [2.05, 4.69) is 10.6 Å². The number of rotatable bonds is 3. The first-order valence-corrected chi connectivity index (χ1v) is 7.85. The highest BCUT2D eigenvalue weighted by molar-refractivity contribution is 5.79. The van der Waals surface area contributed by atoms with E-state index in [1.165, 1.54) is 38.5 Å². The standard InChI is InChI=1S/C15H26N2O/c18-15(12-7-4-8-16-10-12)17-14-9-13(14)11-5-2-1-3-6-11/h11-14,16H,1-10H2,(H,17,18). The highest BCUT2D eigenvalue weighted by Crippen LogP contribution is 2.44. The van der Waals surface area contributed by atoms with Crippen LogP contribution in [0.2, 0.25) is 0 Å². The van der Waals surface area contributed by atoms with Crippen molar-refractivity contribution in [2.75, 3.05) is 13.1 Å². The van der Waals surface area contributed by atoms with Gasteiger partial charge in [-0.2, -0.15) is 0 Å². The molecule has 1 amide bonds. The van der Waals surface area contributed by atoms with Crippen molar-refractivity contribution in [1.29, 1.82) is 0 Å². The molecule has 0 spiro atoms. The Labute approximate surface area is 110 Å². The topological polar surface area (TPSA) is 41.1 Å². The number of hydrogen-bond donors (Lipinski definition) is 2. The first kappa shape index (κ1) is 12.5. The molecule has 0 aromatic carbocycles. The summed E-state index contributed by atoms with van der Waals surface area (Å²) in [6.45, 7) is 1.96. The average Bonchev–Trinajstić information content (AvgIpc) is 3.20. The second-order valence-electron chi connectivity index (χ2n) is 6.46. The third kappa shape index (κ3) is 2.87. The molecule has 0 bridgehead atoms. The Hall–Kier alpha value is -0.570. The van der Waals surface area contributed by atoms with E-state index in [0.29, 0.717) is 11.9 Å². The number of carbonyl (C=O) groups excluding carboxylic acids is 1. The van der Waals surface area contributed by atoms with Gasteiger partial charge in [0, 0.05) is 12.6 Å². The summed E-state index contributed by atoms with van der Waals surface area (Å²) in [6.07, 6.45) is 10.5. The number of piperidine rings is 1. The van der Waals surface area contributed by atoms with Gasteiger partial charge < -0.3 is 10.6 Å². The summed E-state index contributed by atoms with van der Waals surface area (Å²) in [5.41, 5.74) is 0. The second-order valence-corrected chi connectivity index (χ2v) is 6.46. The first-order valence-electron chi connectivity index (χ1n) is 7.85. The van der Waals surface area contributed by atoms with Crippen molar-refractivity contribution in [2.24, 2.45) is 17.8 Å². The molecule has 3 heteroatoms. The van der Waals surface area contributed by atoms with E-state index in [0.717, 1.165) is 37.8 Å². The molecule has 1 saturated heterocycles. The molecular weight excluding hydrogens is 224 g/mol. The minimum Gasteiger partial charge on any atom is -0.353 e. The van der Waals surface area contributed by atoms with E-state index in [9.17, 15) is 4.79 Å². The number of carbonyl (C=O) groups is 1. The molecule has 3 atom stereocenters. The predicted octanol–water partition coefficient (Wildman–Crippen LogP) is 2.07. The molecule has 3 aliphatic rings. The van der Waals surface area contributed by atoms with Gasteiger partial charge in [-0.25, -0.2) is 0 Å². The normalized spacial score (nSPS) is 37.2. The third-order valence-corrected chi connectivity index (χ3v) is 5.09. The molecule has 2 aliphatic carbocycles. The van der Waals surface area contributed by atoms with Gasteiger partial charge in [0.15, 0.2) is 0 Å². The van der Waals surface area contributed by atoms with Gasteiger partial charge in [0.2, 0.25) is 5.91 Å². The summed E-state index contributed by atoms with van der Waals surface area (Å²) in [5, 5.41) is 6.62. The molecule has 3 nitrogen and oxygen atoms in total. The Morgan fingerprint density at radius 3 is 2.61 bits per heavy atom. The van der Waals surface area contributed by atoms with E-state index in [4.69, 9.17) is 0 Å². The Bertz CT molecular complexity index is 293. The van der Waals surface area contributed by atoms with Crippen molar-refractivity contribution >= 4 is 5.91 Å². The highest BCUT2D eigenvalue weighted by Gasteiger charge is 2.44. The second kappa shape index (κ2) is 5.60. The Kier molecular flexibility index (Phi) is 3.88. The van der Waals surface area contributed by atoms with Crippen LogP contribution in [0.1, 0.15) is 51.4 Å². The van der Waals surface area contributed by atoms with E-state index in [1.807, 2.05) is 0 Å². The van der Waals surface area contributed by atoms with Crippen LogP contribution in [0.25, 0.3) is 0 Å². The molecule has 2 saturated carbocycles. The van der Waals surface area contributed by atoms with Crippen LogP contribution < -0.4 is 10.6 Å². The number of nitrogens with one attached hydrogen (secondary N) is 2. The molecule has 102 valence electrons. The quantitative estimate of drug-likeness (QED) is 0.805. The highest BCUT2D eigenvalue weighted by atomic mass is 16.2. The molecule has 0 aromatic heterocycles. The summed E-state index contributed by atoms with van der Waals surface area (Å²) in [7, 11) is 0. The first-order chi connectivity index (χ1) is 8.84. The van der Waals surface area contributed by atoms with Crippen molar-refractivity contribution in [3.8, 4) is 0 Å². The van der Waals surface area contributed by atoms with Crippen LogP contribution in [0.4, 0.5) is 0 Å². The monoisotopic (exact) mass is 250 g/mol. The summed E-state index contributed by atoms with van der Waals surface area (Å²) >= 11 is 0. The fourth-order valence-electron chi connectivity index (χ4n) is 3.84. The third-order valence-electron chi connectivity index (χ3n) is 5.09. The van der Waals surface area contributed by atoms with Gasteiger partial charge >= 0.3 is 0 Å². The molecule has 1 aliphatic heterocycles. The summed E-state index contributed by atoms with van der Waals surface area (Å²) in [5.74, 6) is 2.26. The van der Waals surface area contributed by atoms with Gasteiger partial charge in [0.1, 0.15) is 0 Å². The minimum atomic E-state index is 0.228. The summed E-state index contributed by atoms with van der Waals surface area (Å²) in [6, 6.07) is 0.516. The lowest BCUT2D eigenvalue weighted by Crippen LogP contribution is -2.41. The lowest BCUT2D eigenvalue weighted by molar-refractivity contribution is -0.125. The van der Waals surface area contributed by atoms with E-state index in [-0.39, 0.29) is 5.92 Å². The summed E-state index contributed by atoms with van der Waals surface area (Å²) < 4.78 is 0. The Balaban J connectivity index is 1.42. The molecule has 1 heterocycles. The smallest absolute Gasteiger partial charge is 0.224 e. The van der Waals surface area contributed by atoms with Crippen LogP contribution in [0.5, 0.6) is 0 Å². The number of hydrogen-bond acceptors (Lipinski definition) is 2. The van der Waals surface area contributed by atoms with Gasteiger partial charge in [-0.15, -0.1) is 0 Å². The van der Waals surface area contributed by atoms with Gasteiger partial charge in [-0.3, -0.25) is 4.79 Å². The molecule has 0 aromatic rings. The summed E-state index contributed by atoms with van der Waals surface area (Å²) in [4.78, 5) is 12.1. The molecule has 3 fully saturated rings. The maximum absolute atomic E-state index is 12.1. The zero-order chi connectivity index (χ0) is 12.4. The van der Waals surface area contributed by atoms with Crippen LogP contribution in [-0.2, 0) is 4.79 Å². The predicted molar refractivity (Wildman–Crippen MR) is 72.2 cm³/mol. The van der Waals surface area contributed by atoms with Crippen LogP contribution in [0.15, 0.2) is 0 Å². The van der Waals surface area contributed by atoms with Crippen LogP contribution in [-0.4, -0.2) is 25.0 Å². The molecule has 3 unspecified atom stereocenters. The number of amides is 1. The largest absolute Gasteiger partial charge is 0.353 e. The molecule has 2 N–H and O–H groups in total. The zero-order valence-electron chi connectivity index (χ0n) is 11.3. The van der Waals surface area contributed by atoms with E-state index < -0.39 is 0 Å². The molecule has 3 rings (SSSR count). The molecular formula is C15H26N2O. The van der Waals surface area contributed by atoms with Crippen LogP contribution in [0.3, 0.4) is 0 Å². The maximum Gasteiger partial charge on any atom is 0.224 e. The van der Waals surface area contributed by atoms with Gasteiger partial charge in [0.05, 0.1) is 5.92 Å². The van der Waals surface area contributed by atoms with E-state index >= 15 is 0 Å². The van der Waals surface area contributed by atoms with Crippen molar-refractivity contribution < 1.29 is 4.79 Å². The van der Waals surface area contributed by atoms with Crippen LogP contribution >= 0.6 is 0 Å². The SMILES string of the molecule is O=C(NC1CC1C1CCCCC1)C1CCCNC1. The minimum absolute atomic E-state index is 0.228. The van der Waals surface area contributed by atoms with Gasteiger partial charge in [0.25, 0.3) is 0 Å². The Morgan fingerprint density at radius 2 is 1.89 bits per heavy atom. The average molecular weight is 250 g/mol. The Morgan fingerprint density at radius 1 is 1.06 bits per heavy atom. The lowest BCUT2D eigenvalue weighted by Gasteiger charge is -2.24. The maximum atomic E-state index is 12.1. The lowest BCUT2D eigenvalue weighted by atomic mass is 9.85.